The molecule has 0 bridgehead atoms. The smallest absolute Gasteiger partial charge is 0.224 e. The number of amides is 1. The fraction of sp³-hybridized carbons (Fsp3) is 0.933. The van der Waals surface area contributed by atoms with Gasteiger partial charge in [-0.2, -0.15) is 0 Å². The molecule has 3 unspecified atom stereocenters. The van der Waals surface area contributed by atoms with E-state index in [0.29, 0.717) is 24.3 Å². The van der Waals surface area contributed by atoms with Crippen LogP contribution in [0.4, 0.5) is 0 Å². The van der Waals surface area contributed by atoms with E-state index in [4.69, 9.17) is 0 Å². The highest BCUT2D eigenvalue weighted by Crippen LogP contribution is 2.30. The number of hydrogen-bond donors (Lipinski definition) is 1. The lowest BCUT2D eigenvalue weighted by Crippen LogP contribution is -2.54. The Labute approximate surface area is 128 Å². The van der Waals surface area contributed by atoms with Gasteiger partial charge in [-0.05, 0) is 58.2 Å². The summed E-state index contributed by atoms with van der Waals surface area (Å²) in [6, 6.07) is 1.17. The lowest BCUT2D eigenvalue weighted by atomic mass is 9.84. The van der Waals surface area contributed by atoms with Crippen LogP contribution in [0.25, 0.3) is 0 Å². The second-order valence-electron chi connectivity index (χ2n) is 6.58. The molecule has 0 radical (unpaired) electrons. The largest absolute Gasteiger partial charge is 0.342 e. The molecule has 0 saturated carbocycles. The molecule has 0 aromatic heterocycles. The van der Waals surface area contributed by atoms with Crippen LogP contribution in [0.5, 0.6) is 0 Å². The third-order valence-corrected chi connectivity index (χ3v) is 5.28. The molecule has 0 aliphatic carbocycles. The molecule has 5 heteroatoms. The van der Waals surface area contributed by atoms with Crippen molar-refractivity contribution in [2.24, 2.45) is 5.92 Å². The monoisotopic (exact) mass is 301 g/mol. The van der Waals surface area contributed by atoms with Crippen molar-refractivity contribution in [1.29, 1.82) is 0 Å². The van der Waals surface area contributed by atoms with Gasteiger partial charge >= 0.3 is 0 Å². The van der Waals surface area contributed by atoms with Gasteiger partial charge < -0.3 is 15.1 Å². The van der Waals surface area contributed by atoms with Gasteiger partial charge in [0.2, 0.25) is 5.91 Å². The molecule has 3 fully saturated rings. The highest BCUT2D eigenvalue weighted by atomic mass is 35.5. The molecule has 4 nitrogen and oxygen atoms in total. The van der Waals surface area contributed by atoms with Crippen molar-refractivity contribution < 1.29 is 4.79 Å². The molecule has 20 heavy (non-hydrogen) atoms. The molecule has 3 rings (SSSR count). The summed E-state index contributed by atoms with van der Waals surface area (Å²) < 4.78 is 0. The number of hydrogen-bond acceptors (Lipinski definition) is 3. The summed E-state index contributed by atoms with van der Waals surface area (Å²) in [5, 5.41) is 3.43. The van der Waals surface area contributed by atoms with Crippen LogP contribution in [0.15, 0.2) is 0 Å². The molecule has 3 aliphatic rings. The molecular formula is C15H28ClN3O. The Hall–Kier alpha value is -0.320. The molecule has 1 amide bonds. The fourth-order valence-corrected chi connectivity index (χ4v) is 4.15. The number of nitrogens with zero attached hydrogens (tertiary/aromatic N) is 2. The first-order valence-corrected chi connectivity index (χ1v) is 7.95. The van der Waals surface area contributed by atoms with Gasteiger partial charge in [-0.3, -0.25) is 4.79 Å². The number of fused-ring (bicyclic) bond motifs is 1. The van der Waals surface area contributed by atoms with Crippen molar-refractivity contribution in [3.63, 3.8) is 0 Å². The van der Waals surface area contributed by atoms with E-state index >= 15 is 0 Å². The van der Waals surface area contributed by atoms with Crippen LogP contribution < -0.4 is 5.32 Å². The molecular weight excluding hydrogens is 274 g/mol. The van der Waals surface area contributed by atoms with Gasteiger partial charge in [-0.15, -0.1) is 12.4 Å². The minimum absolute atomic E-state index is 0. The van der Waals surface area contributed by atoms with Gasteiger partial charge in [-0.1, -0.05) is 0 Å². The van der Waals surface area contributed by atoms with E-state index in [1.807, 2.05) is 0 Å². The maximum absolute atomic E-state index is 12.4. The first kappa shape index (κ1) is 16.1. The summed E-state index contributed by atoms with van der Waals surface area (Å²) in [6.07, 6.45) is 6.89. The summed E-state index contributed by atoms with van der Waals surface area (Å²) in [5.74, 6) is 1.10. The van der Waals surface area contributed by atoms with Crippen LogP contribution in [0.1, 0.15) is 38.5 Å². The molecule has 3 heterocycles. The fourth-order valence-electron chi connectivity index (χ4n) is 4.15. The summed E-state index contributed by atoms with van der Waals surface area (Å²) in [6.45, 7) is 4.30. The van der Waals surface area contributed by atoms with Crippen LogP contribution in [-0.2, 0) is 4.79 Å². The lowest BCUT2D eigenvalue weighted by Gasteiger charge is -2.46. The predicted molar refractivity (Wildman–Crippen MR) is 83.2 cm³/mol. The Balaban J connectivity index is 0.00000147. The van der Waals surface area contributed by atoms with Gasteiger partial charge in [-0.25, -0.2) is 0 Å². The molecule has 3 saturated heterocycles. The average Bonchev–Trinajstić information content (AvgIpc) is 2.91. The van der Waals surface area contributed by atoms with E-state index in [1.165, 1.54) is 38.6 Å². The van der Waals surface area contributed by atoms with Crippen LogP contribution in [-0.4, -0.2) is 61.0 Å². The number of likely N-dealkylation sites (tertiary alicyclic amines) is 2. The second-order valence-corrected chi connectivity index (χ2v) is 6.58. The van der Waals surface area contributed by atoms with Crippen molar-refractivity contribution in [3.05, 3.63) is 0 Å². The Morgan fingerprint density at radius 1 is 1.20 bits per heavy atom. The molecule has 116 valence electrons. The van der Waals surface area contributed by atoms with Crippen LogP contribution in [0, 0.1) is 5.92 Å². The van der Waals surface area contributed by atoms with E-state index in [1.54, 1.807) is 0 Å². The van der Waals surface area contributed by atoms with Gasteiger partial charge in [0.25, 0.3) is 0 Å². The maximum atomic E-state index is 12.4. The third kappa shape index (κ3) is 3.46. The molecule has 1 N–H and O–H groups in total. The zero-order valence-corrected chi connectivity index (χ0v) is 13.3. The van der Waals surface area contributed by atoms with Crippen molar-refractivity contribution in [2.45, 2.75) is 50.6 Å². The quantitative estimate of drug-likeness (QED) is 0.839. The van der Waals surface area contributed by atoms with Gasteiger partial charge in [0.1, 0.15) is 0 Å². The Morgan fingerprint density at radius 3 is 2.80 bits per heavy atom. The summed E-state index contributed by atoms with van der Waals surface area (Å²) in [7, 11) is 2.25. The highest BCUT2D eigenvalue weighted by molar-refractivity contribution is 5.85. The normalized spacial score (nSPS) is 34.5. The van der Waals surface area contributed by atoms with E-state index in [-0.39, 0.29) is 12.4 Å². The van der Waals surface area contributed by atoms with E-state index in [2.05, 4.69) is 22.2 Å². The first-order valence-electron chi connectivity index (χ1n) is 7.95. The SMILES string of the molecule is CN1CCCC2CN(C(=O)CC3CCCN3)CCC21.Cl. The van der Waals surface area contributed by atoms with Crippen molar-refractivity contribution >= 4 is 18.3 Å². The topological polar surface area (TPSA) is 35.6 Å². The van der Waals surface area contributed by atoms with Crippen molar-refractivity contribution in [2.75, 3.05) is 33.2 Å². The predicted octanol–water partition coefficient (Wildman–Crippen LogP) is 1.49. The number of piperidine rings is 2. The molecule has 0 aromatic rings. The average molecular weight is 302 g/mol. The van der Waals surface area contributed by atoms with E-state index < -0.39 is 0 Å². The van der Waals surface area contributed by atoms with Crippen LogP contribution in [0.2, 0.25) is 0 Å². The summed E-state index contributed by atoms with van der Waals surface area (Å²) in [5.41, 5.74) is 0. The van der Waals surface area contributed by atoms with Crippen LogP contribution in [0.3, 0.4) is 0 Å². The van der Waals surface area contributed by atoms with Gasteiger partial charge in [0.05, 0.1) is 0 Å². The van der Waals surface area contributed by atoms with Crippen molar-refractivity contribution in [1.82, 2.24) is 15.1 Å². The maximum Gasteiger partial charge on any atom is 0.224 e. The third-order valence-electron chi connectivity index (χ3n) is 5.28. The molecule has 0 aromatic carbocycles. The zero-order chi connectivity index (χ0) is 13.2. The number of rotatable bonds is 2. The highest BCUT2D eigenvalue weighted by Gasteiger charge is 2.36. The standard InChI is InChI=1S/C15H27N3O.ClH/c1-17-8-3-4-12-11-18(9-6-14(12)17)15(19)10-13-5-2-7-16-13;/h12-14,16H,2-11H2,1H3;1H. The molecule has 3 atom stereocenters. The van der Waals surface area contributed by atoms with E-state index in [0.717, 1.165) is 25.7 Å². The Morgan fingerprint density at radius 2 is 2.05 bits per heavy atom. The minimum Gasteiger partial charge on any atom is -0.342 e. The second kappa shape index (κ2) is 7.10. The Kier molecular flexibility index (Phi) is 5.70. The van der Waals surface area contributed by atoms with Crippen molar-refractivity contribution in [3.8, 4) is 0 Å². The zero-order valence-electron chi connectivity index (χ0n) is 12.5. The number of nitrogens with one attached hydrogen (secondary N) is 1. The van der Waals surface area contributed by atoms with E-state index in [9.17, 15) is 4.79 Å². The summed E-state index contributed by atoms with van der Waals surface area (Å²) >= 11 is 0. The summed E-state index contributed by atoms with van der Waals surface area (Å²) in [4.78, 5) is 17.0. The number of carbonyl (C=O) groups excluding carboxylic acids is 1. The molecule has 0 spiro atoms. The van der Waals surface area contributed by atoms with Gasteiger partial charge in [0, 0.05) is 31.6 Å². The molecule has 3 aliphatic heterocycles. The first-order chi connectivity index (χ1) is 9.24. The van der Waals surface area contributed by atoms with Crippen LogP contribution >= 0.6 is 12.4 Å². The minimum atomic E-state index is 0. The number of carbonyl (C=O) groups is 1. The number of halogens is 1. The Bertz CT molecular complexity index is 333. The van der Waals surface area contributed by atoms with Gasteiger partial charge in [0.15, 0.2) is 0 Å². The lowest BCUT2D eigenvalue weighted by molar-refractivity contribution is -0.135.